The van der Waals surface area contributed by atoms with Crippen LogP contribution in [0.15, 0.2) is 133 Å². The molecule has 6 aromatic carbocycles. The predicted molar refractivity (Wildman–Crippen MR) is 218 cm³/mol. The number of allylic oxidation sites excluding steroid dienone is 2. The monoisotopic (exact) mass is 663 g/mol. The van der Waals surface area contributed by atoms with Crippen molar-refractivity contribution in [1.29, 1.82) is 0 Å². The summed E-state index contributed by atoms with van der Waals surface area (Å²) < 4.78 is 6.13. The fourth-order valence-electron chi connectivity index (χ4n) is 8.13. The quantitative estimate of drug-likeness (QED) is 0.184. The molecule has 0 bridgehead atoms. The normalized spacial score (nSPS) is 13.4. The third-order valence-electron chi connectivity index (χ3n) is 10.4. The van der Waals surface area contributed by atoms with Crippen molar-refractivity contribution in [2.45, 2.75) is 51.9 Å². The van der Waals surface area contributed by atoms with Crippen LogP contribution in [0.5, 0.6) is 5.75 Å². The Bertz CT molecular complexity index is 2270. The van der Waals surface area contributed by atoms with Crippen LogP contribution < -0.4 is 10.1 Å². The van der Waals surface area contributed by atoms with Gasteiger partial charge in [-0.25, -0.2) is 0 Å². The molecular formula is C49H45NO. The van der Waals surface area contributed by atoms with Gasteiger partial charge in [0.2, 0.25) is 0 Å². The maximum atomic E-state index is 6.13. The first-order valence-corrected chi connectivity index (χ1v) is 18.3. The third-order valence-corrected chi connectivity index (χ3v) is 10.4. The van der Waals surface area contributed by atoms with Crippen LogP contribution in [-0.4, -0.2) is 7.11 Å². The lowest BCUT2D eigenvalue weighted by Gasteiger charge is -2.33. The molecule has 1 N–H and O–H groups in total. The molecule has 8 rings (SSSR count). The van der Waals surface area contributed by atoms with Crippen molar-refractivity contribution in [3.8, 4) is 50.3 Å². The Morgan fingerprint density at radius 2 is 1.16 bits per heavy atom. The van der Waals surface area contributed by atoms with E-state index in [0.29, 0.717) is 0 Å². The molecule has 2 aliphatic rings. The summed E-state index contributed by atoms with van der Waals surface area (Å²) >= 11 is 0. The Hall–Kier alpha value is -5.60. The first-order chi connectivity index (χ1) is 24.9. The highest BCUT2D eigenvalue weighted by Crippen LogP contribution is 2.47. The smallest absolute Gasteiger partial charge is 0.127 e. The van der Waals surface area contributed by atoms with E-state index in [-0.39, 0.29) is 5.41 Å². The van der Waals surface area contributed by atoms with Crippen molar-refractivity contribution < 1.29 is 4.74 Å². The standard InChI is InChI=1S/C49H45NO/c1-49(2,3)47-43-23-14-12-21-40(43)39-20-11-13-22-42(39)46(47)35-28-26-33(27-29-35)36-30-31-41(45(32-36)51-4)44-25-15-24-38(34-16-7-5-8-17-34)48(44)50-37-18-9-6-10-19-37/h5-10,13-19,22-32,50H,11-12,20-21H2,1-4H3. The van der Waals surface area contributed by atoms with Crippen LogP contribution in [0.4, 0.5) is 11.4 Å². The van der Waals surface area contributed by atoms with Gasteiger partial charge in [-0.15, -0.1) is 0 Å². The van der Waals surface area contributed by atoms with E-state index in [2.05, 4.69) is 166 Å². The predicted octanol–water partition coefficient (Wildman–Crippen LogP) is 13.3. The molecule has 0 saturated carbocycles. The number of anilines is 2. The van der Waals surface area contributed by atoms with E-state index in [9.17, 15) is 0 Å². The number of hydrogen-bond donors (Lipinski definition) is 1. The van der Waals surface area contributed by atoms with Crippen molar-refractivity contribution in [3.63, 3.8) is 0 Å². The second-order valence-corrected chi connectivity index (χ2v) is 14.7. The van der Waals surface area contributed by atoms with E-state index in [1.54, 1.807) is 18.2 Å². The van der Waals surface area contributed by atoms with E-state index in [0.717, 1.165) is 70.6 Å². The summed E-state index contributed by atoms with van der Waals surface area (Å²) in [5, 5.41) is 3.75. The highest BCUT2D eigenvalue weighted by molar-refractivity contribution is 5.95. The maximum Gasteiger partial charge on any atom is 0.127 e. The molecule has 0 saturated heterocycles. The van der Waals surface area contributed by atoms with E-state index in [1.165, 1.54) is 33.4 Å². The molecule has 252 valence electrons. The number of fused-ring (bicyclic) bond motifs is 3. The average Bonchev–Trinajstić information content (AvgIpc) is 3.17. The molecule has 0 amide bonds. The van der Waals surface area contributed by atoms with Gasteiger partial charge in [-0.1, -0.05) is 142 Å². The van der Waals surface area contributed by atoms with Gasteiger partial charge >= 0.3 is 0 Å². The minimum absolute atomic E-state index is 0.00924. The van der Waals surface area contributed by atoms with Gasteiger partial charge < -0.3 is 10.1 Å². The second-order valence-electron chi connectivity index (χ2n) is 14.7. The van der Waals surface area contributed by atoms with Gasteiger partial charge in [0.1, 0.15) is 5.75 Å². The minimum Gasteiger partial charge on any atom is -0.496 e. The van der Waals surface area contributed by atoms with Gasteiger partial charge in [-0.05, 0) is 111 Å². The van der Waals surface area contributed by atoms with Gasteiger partial charge in [0.05, 0.1) is 12.8 Å². The summed E-state index contributed by atoms with van der Waals surface area (Å²) in [6.07, 6.45) is 14.0. The van der Waals surface area contributed by atoms with E-state index in [4.69, 9.17) is 4.74 Å². The van der Waals surface area contributed by atoms with Crippen molar-refractivity contribution in [3.05, 3.63) is 161 Å². The highest BCUT2D eigenvalue weighted by Gasteiger charge is 2.30. The SMILES string of the molecule is COc1cc(-c2ccc(-c3c4c(c5c(c3C(C)(C)C)C=CCC5)CCC=C4)cc2)ccc1-c1cccc(-c2ccccc2)c1Nc1ccccc1. The number of benzene rings is 6. The van der Waals surface area contributed by atoms with Crippen LogP contribution in [0, 0.1) is 0 Å². The lowest BCUT2D eigenvalue weighted by molar-refractivity contribution is 0.416. The lowest BCUT2D eigenvalue weighted by atomic mass is 9.71. The molecule has 2 heteroatoms. The van der Waals surface area contributed by atoms with Gasteiger partial charge in [0.15, 0.2) is 0 Å². The molecular weight excluding hydrogens is 619 g/mol. The van der Waals surface area contributed by atoms with E-state index in [1.807, 2.05) is 6.07 Å². The summed E-state index contributed by atoms with van der Waals surface area (Å²) in [6, 6.07) is 43.3. The number of hydrogen-bond acceptors (Lipinski definition) is 2. The Morgan fingerprint density at radius 1 is 0.549 bits per heavy atom. The first kappa shape index (κ1) is 32.6. The van der Waals surface area contributed by atoms with Crippen LogP contribution in [0.3, 0.4) is 0 Å². The molecule has 0 aromatic heterocycles. The Balaban J connectivity index is 1.21. The Kier molecular flexibility index (Phi) is 8.70. The average molecular weight is 664 g/mol. The first-order valence-electron chi connectivity index (χ1n) is 18.3. The molecule has 6 aromatic rings. The van der Waals surface area contributed by atoms with Crippen molar-refractivity contribution in [2.75, 3.05) is 12.4 Å². The summed E-state index contributed by atoms with van der Waals surface area (Å²) in [5.41, 5.74) is 19.0. The molecule has 51 heavy (non-hydrogen) atoms. The minimum atomic E-state index is 0.00924. The van der Waals surface area contributed by atoms with Crippen LogP contribution in [-0.2, 0) is 18.3 Å². The zero-order valence-corrected chi connectivity index (χ0v) is 30.1. The fraction of sp³-hybridized carbons (Fsp3) is 0.184. The van der Waals surface area contributed by atoms with Gasteiger partial charge in [0, 0.05) is 22.4 Å². The molecule has 2 aliphatic carbocycles. The van der Waals surface area contributed by atoms with Gasteiger partial charge in [-0.2, -0.15) is 0 Å². The number of methoxy groups -OCH3 is 1. The molecule has 0 radical (unpaired) electrons. The van der Waals surface area contributed by atoms with Crippen LogP contribution in [0.2, 0.25) is 0 Å². The largest absolute Gasteiger partial charge is 0.496 e. The van der Waals surface area contributed by atoms with Crippen molar-refractivity contribution >= 4 is 23.5 Å². The van der Waals surface area contributed by atoms with Crippen molar-refractivity contribution in [1.82, 2.24) is 0 Å². The zero-order valence-electron chi connectivity index (χ0n) is 30.1. The lowest BCUT2D eigenvalue weighted by Crippen LogP contribution is -2.20. The fourth-order valence-corrected chi connectivity index (χ4v) is 8.13. The van der Waals surface area contributed by atoms with Gasteiger partial charge in [-0.3, -0.25) is 0 Å². The highest BCUT2D eigenvalue weighted by atomic mass is 16.5. The number of nitrogens with one attached hydrogen (secondary N) is 1. The number of para-hydroxylation sites is 2. The molecule has 0 heterocycles. The molecule has 0 atom stereocenters. The summed E-state index contributed by atoms with van der Waals surface area (Å²) in [5.74, 6) is 0.841. The Labute approximate surface area is 303 Å². The topological polar surface area (TPSA) is 21.3 Å². The Morgan fingerprint density at radius 3 is 1.84 bits per heavy atom. The summed E-state index contributed by atoms with van der Waals surface area (Å²) in [7, 11) is 1.77. The third kappa shape index (κ3) is 6.21. The van der Waals surface area contributed by atoms with Crippen LogP contribution in [0.1, 0.15) is 61.4 Å². The number of ether oxygens (including phenoxy) is 1. The molecule has 0 fully saturated rings. The van der Waals surface area contributed by atoms with Crippen LogP contribution in [0.25, 0.3) is 56.7 Å². The zero-order chi connectivity index (χ0) is 35.0. The molecule has 2 nitrogen and oxygen atoms in total. The number of rotatable bonds is 7. The maximum absolute atomic E-state index is 6.13. The molecule has 0 unspecified atom stereocenters. The van der Waals surface area contributed by atoms with Crippen LogP contribution >= 0.6 is 0 Å². The second kappa shape index (κ2) is 13.6. The van der Waals surface area contributed by atoms with E-state index >= 15 is 0 Å². The summed E-state index contributed by atoms with van der Waals surface area (Å²) in [4.78, 5) is 0. The summed E-state index contributed by atoms with van der Waals surface area (Å²) in [6.45, 7) is 7.10. The van der Waals surface area contributed by atoms with E-state index < -0.39 is 0 Å². The molecule has 0 aliphatic heterocycles. The van der Waals surface area contributed by atoms with Gasteiger partial charge in [0.25, 0.3) is 0 Å². The van der Waals surface area contributed by atoms with Crippen molar-refractivity contribution in [2.24, 2.45) is 0 Å². The molecule has 0 spiro atoms.